The third-order valence-corrected chi connectivity index (χ3v) is 4.68. The number of hydrogen-bond donors (Lipinski definition) is 3. The van der Waals surface area contributed by atoms with Gasteiger partial charge in [-0.15, -0.1) is 0 Å². The van der Waals surface area contributed by atoms with Gasteiger partial charge in [0.05, 0.1) is 12.6 Å². The summed E-state index contributed by atoms with van der Waals surface area (Å²) in [5.74, 6) is 0.0730. The smallest absolute Gasteiger partial charge is 0.243 e. The van der Waals surface area contributed by atoms with Crippen LogP contribution in [0.2, 0.25) is 0 Å². The van der Waals surface area contributed by atoms with Gasteiger partial charge in [-0.1, -0.05) is 50.2 Å². The summed E-state index contributed by atoms with van der Waals surface area (Å²) in [4.78, 5) is 24.4. The molecule has 0 saturated carbocycles. The van der Waals surface area contributed by atoms with Crippen LogP contribution in [0, 0.1) is 0 Å². The first kappa shape index (κ1) is 18.1. The number of fused-ring (bicyclic) bond motifs is 1. The van der Waals surface area contributed by atoms with Crippen molar-refractivity contribution in [3.63, 3.8) is 0 Å². The molecular weight excluding hydrogens is 326 g/mol. The highest BCUT2D eigenvalue weighted by Crippen LogP contribution is 2.17. The van der Waals surface area contributed by atoms with E-state index in [-0.39, 0.29) is 24.4 Å². The Balaban J connectivity index is 1.48. The lowest BCUT2D eigenvalue weighted by atomic mass is 9.95. The van der Waals surface area contributed by atoms with Crippen molar-refractivity contribution in [2.75, 3.05) is 11.9 Å². The first-order valence-electron chi connectivity index (χ1n) is 9.00. The number of anilines is 1. The minimum atomic E-state index is -0.303. The lowest BCUT2D eigenvalue weighted by Crippen LogP contribution is -2.49. The highest BCUT2D eigenvalue weighted by Gasteiger charge is 2.23. The summed E-state index contributed by atoms with van der Waals surface area (Å²) in [5, 5.41) is 8.75. The molecule has 0 bridgehead atoms. The van der Waals surface area contributed by atoms with Crippen LogP contribution in [0.5, 0.6) is 0 Å². The molecule has 2 aromatic carbocycles. The molecule has 2 amide bonds. The lowest BCUT2D eigenvalue weighted by molar-refractivity contribution is -0.125. The van der Waals surface area contributed by atoms with Crippen LogP contribution in [-0.2, 0) is 22.6 Å². The fourth-order valence-corrected chi connectivity index (χ4v) is 3.09. The second-order valence-electron chi connectivity index (χ2n) is 6.95. The van der Waals surface area contributed by atoms with Gasteiger partial charge >= 0.3 is 0 Å². The van der Waals surface area contributed by atoms with Crippen molar-refractivity contribution in [2.45, 2.75) is 38.8 Å². The van der Waals surface area contributed by atoms with Crippen LogP contribution < -0.4 is 16.0 Å². The molecule has 0 radical (unpaired) electrons. The third kappa shape index (κ3) is 4.49. The fraction of sp³-hybridized carbons (Fsp3) is 0.333. The SMILES string of the molecule is CC(C)c1ccc(NC(=O)CNC(=O)[C@@H]2Cc3ccccc3CN2)cc1. The molecule has 0 aliphatic carbocycles. The Kier molecular flexibility index (Phi) is 5.68. The van der Waals surface area contributed by atoms with E-state index in [4.69, 9.17) is 0 Å². The van der Waals surface area contributed by atoms with Crippen LogP contribution in [0.1, 0.15) is 36.5 Å². The Labute approximate surface area is 154 Å². The largest absolute Gasteiger partial charge is 0.346 e. The Bertz CT molecular complexity index is 784. The maximum Gasteiger partial charge on any atom is 0.243 e. The topological polar surface area (TPSA) is 70.2 Å². The molecule has 1 aliphatic rings. The zero-order valence-electron chi connectivity index (χ0n) is 15.2. The van der Waals surface area contributed by atoms with Crippen LogP contribution in [0.3, 0.4) is 0 Å². The number of nitrogens with one attached hydrogen (secondary N) is 3. The summed E-state index contributed by atoms with van der Waals surface area (Å²) in [5.41, 5.74) is 4.36. The van der Waals surface area contributed by atoms with Crippen molar-refractivity contribution in [3.8, 4) is 0 Å². The van der Waals surface area contributed by atoms with Crippen LogP contribution in [0.15, 0.2) is 48.5 Å². The molecule has 5 heteroatoms. The van der Waals surface area contributed by atoms with Gasteiger partial charge in [0.25, 0.3) is 0 Å². The van der Waals surface area contributed by atoms with Crippen LogP contribution >= 0.6 is 0 Å². The highest BCUT2D eigenvalue weighted by atomic mass is 16.2. The van der Waals surface area contributed by atoms with Gasteiger partial charge in [-0.3, -0.25) is 9.59 Å². The molecule has 1 heterocycles. The van der Waals surface area contributed by atoms with Gasteiger partial charge in [-0.25, -0.2) is 0 Å². The monoisotopic (exact) mass is 351 g/mol. The summed E-state index contributed by atoms with van der Waals surface area (Å²) in [7, 11) is 0. The van der Waals surface area contributed by atoms with Gasteiger partial charge in [0.2, 0.25) is 11.8 Å². The van der Waals surface area contributed by atoms with Crippen molar-refractivity contribution in [1.82, 2.24) is 10.6 Å². The molecule has 0 fully saturated rings. The second kappa shape index (κ2) is 8.15. The number of benzene rings is 2. The van der Waals surface area contributed by atoms with Gasteiger partial charge < -0.3 is 16.0 Å². The number of amides is 2. The Morgan fingerprint density at radius 2 is 1.77 bits per heavy atom. The summed E-state index contributed by atoms with van der Waals surface area (Å²) < 4.78 is 0. The summed E-state index contributed by atoms with van der Waals surface area (Å²) in [6, 6.07) is 15.6. The summed E-state index contributed by atoms with van der Waals surface area (Å²) in [6.45, 7) is 4.88. The molecule has 0 spiro atoms. The van der Waals surface area contributed by atoms with E-state index in [9.17, 15) is 9.59 Å². The highest BCUT2D eigenvalue weighted by molar-refractivity contribution is 5.95. The maximum absolute atomic E-state index is 12.3. The van der Waals surface area contributed by atoms with Crippen molar-refractivity contribution in [2.24, 2.45) is 0 Å². The van der Waals surface area contributed by atoms with Crippen molar-refractivity contribution in [1.29, 1.82) is 0 Å². The standard InChI is InChI=1S/C21H25N3O2/c1-14(2)15-7-9-18(10-8-15)24-20(25)13-23-21(26)19-11-16-5-3-4-6-17(16)12-22-19/h3-10,14,19,22H,11-13H2,1-2H3,(H,23,26)(H,24,25)/t19-/m0/s1. The van der Waals surface area contributed by atoms with E-state index < -0.39 is 0 Å². The molecule has 1 aliphatic heterocycles. The summed E-state index contributed by atoms with van der Waals surface area (Å²) in [6.07, 6.45) is 0.639. The number of hydrogen-bond acceptors (Lipinski definition) is 3. The quantitative estimate of drug-likeness (QED) is 0.775. The number of carbonyl (C=O) groups excluding carboxylic acids is 2. The van der Waals surface area contributed by atoms with Crippen LogP contribution in [-0.4, -0.2) is 24.4 Å². The molecule has 3 N–H and O–H groups in total. The molecule has 5 nitrogen and oxygen atoms in total. The van der Waals surface area contributed by atoms with E-state index in [0.29, 0.717) is 18.9 Å². The predicted molar refractivity (Wildman–Crippen MR) is 103 cm³/mol. The van der Waals surface area contributed by atoms with Gasteiger partial charge in [-0.05, 0) is 41.2 Å². The summed E-state index contributed by atoms with van der Waals surface area (Å²) >= 11 is 0. The minimum Gasteiger partial charge on any atom is -0.346 e. The predicted octanol–water partition coefficient (Wildman–Crippen LogP) is 2.58. The van der Waals surface area contributed by atoms with E-state index in [1.54, 1.807) is 0 Å². The Morgan fingerprint density at radius 3 is 2.46 bits per heavy atom. The molecule has 0 aromatic heterocycles. The van der Waals surface area contributed by atoms with Gasteiger partial charge in [0.15, 0.2) is 0 Å². The normalized spacial score (nSPS) is 16.0. The maximum atomic E-state index is 12.3. The second-order valence-corrected chi connectivity index (χ2v) is 6.95. The number of rotatable bonds is 5. The first-order valence-corrected chi connectivity index (χ1v) is 9.00. The Morgan fingerprint density at radius 1 is 1.08 bits per heavy atom. The molecule has 1 atom stereocenters. The zero-order chi connectivity index (χ0) is 18.5. The molecule has 26 heavy (non-hydrogen) atoms. The lowest BCUT2D eigenvalue weighted by Gasteiger charge is -2.25. The van der Waals surface area contributed by atoms with E-state index in [2.05, 4.69) is 35.9 Å². The van der Waals surface area contributed by atoms with E-state index in [1.807, 2.05) is 42.5 Å². The fourth-order valence-electron chi connectivity index (χ4n) is 3.09. The van der Waals surface area contributed by atoms with E-state index in [0.717, 1.165) is 5.69 Å². The van der Waals surface area contributed by atoms with Crippen molar-refractivity contribution in [3.05, 3.63) is 65.2 Å². The number of carbonyl (C=O) groups is 2. The van der Waals surface area contributed by atoms with Gasteiger partial charge in [0, 0.05) is 12.2 Å². The van der Waals surface area contributed by atoms with Crippen LogP contribution in [0.25, 0.3) is 0 Å². The molecule has 0 unspecified atom stereocenters. The molecule has 2 aromatic rings. The van der Waals surface area contributed by atoms with Crippen molar-refractivity contribution < 1.29 is 9.59 Å². The average Bonchev–Trinajstić information content (AvgIpc) is 2.66. The van der Waals surface area contributed by atoms with Gasteiger partial charge in [-0.2, -0.15) is 0 Å². The van der Waals surface area contributed by atoms with Gasteiger partial charge in [0.1, 0.15) is 0 Å². The Hall–Kier alpha value is -2.66. The first-order chi connectivity index (χ1) is 12.5. The van der Waals surface area contributed by atoms with E-state index >= 15 is 0 Å². The van der Waals surface area contributed by atoms with E-state index in [1.165, 1.54) is 16.7 Å². The third-order valence-electron chi connectivity index (χ3n) is 4.68. The van der Waals surface area contributed by atoms with Crippen molar-refractivity contribution >= 4 is 17.5 Å². The zero-order valence-corrected chi connectivity index (χ0v) is 15.2. The molecule has 0 saturated heterocycles. The molecular formula is C21H25N3O2. The minimum absolute atomic E-state index is 0.0371. The molecule has 3 rings (SSSR count). The van der Waals surface area contributed by atoms with Crippen LogP contribution in [0.4, 0.5) is 5.69 Å². The average molecular weight is 351 g/mol. The molecule has 136 valence electrons.